The zero-order chi connectivity index (χ0) is 19.2. The number of hydrogen-bond acceptors (Lipinski definition) is 9. The maximum absolute atomic E-state index is 10.9. The Balaban J connectivity index is 0. The van der Waals surface area contributed by atoms with E-state index in [4.69, 9.17) is 15.3 Å². The quantitative estimate of drug-likeness (QED) is 0.204. The molecule has 1 heterocycles. The number of hydrogen-bond donors (Lipinski definition) is 3. The van der Waals surface area contributed by atoms with E-state index in [-0.39, 0.29) is 97.6 Å². The van der Waals surface area contributed by atoms with Gasteiger partial charge in [0.2, 0.25) is 0 Å². The molecule has 0 saturated carbocycles. The number of aliphatic hydroxyl groups excluding tert-OH is 1. The van der Waals surface area contributed by atoms with Gasteiger partial charge in [-0.05, 0) is 0 Å². The Morgan fingerprint density at radius 1 is 0.923 bits per heavy atom. The summed E-state index contributed by atoms with van der Waals surface area (Å²) < 4.78 is 0. The number of aldehydes is 1. The number of aliphatic hydroxyl groups is 1. The second-order valence-electron chi connectivity index (χ2n) is 5.31. The van der Waals surface area contributed by atoms with Gasteiger partial charge in [0.1, 0.15) is 6.29 Å². The summed E-state index contributed by atoms with van der Waals surface area (Å²) in [5, 5.41) is 24.9. The van der Waals surface area contributed by atoms with Crippen LogP contribution in [0.3, 0.4) is 0 Å². The van der Waals surface area contributed by atoms with Gasteiger partial charge in [-0.2, -0.15) is 0 Å². The van der Waals surface area contributed by atoms with Crippen molar-refractivity contribution in [2.45, 2.75) is 0 Å². The minimum atomic E-state index is -1.01. The zero-order valence-corrected chi connectivity index (χ0v) is 18.3. The molecule has 1 rings (SSSR count). The first kappa shape index (κ1) is 27.9. The third-order valence-electron chi connectivity index (χ3n) is 3.27. The van der Waals surface area contributed by atoms with Crippen LogP contribution in [0.1, 0.15) is 0 Å². The Hall–Kier alpha value is -0.284. The van der Waals surface area contributed by atoms with E-state index in [1.54, 1.807) is 25.9 Å². The molecule has 0 atom stereocenters. The Kier molecular flexibility index (Phi) is 18.1. The molecule has 0 aromatic carbocycles. The molecule has 0 aliphatic carbocycles. The van der Waals surface area contributed by atoms with Crippen molar-refractivity contribution in [2.75, 3.05) is 66.4 Å². The van der Waals surface area contributed by atoms with Crippen LogP contribution in [-0.2, 0) is 19.2 Å². The first-order chi connectivity index (χ1) is 11.9. The molecule has 0 radical (unpaired) electrons. The van der Waals surface area contributed by atoms with E-state index in [0.717, 1.165) is 7.11 Å². The molecule has 1 fully saturated rings. The molecule has 0 aromatic heterocycles. The number of rotatable bonds is 8. The molecule has 0 aromatic rings. The second-order valence-corrected chi connectivity index (χ2v) is 5.31. The summed E-state index contributed by atoms with van der Waals surface area (Å²) in [6.45, 7) is 1.01. The first-order valence-corrected chi connectivity index (χ1v) is 7.51. The number of nitrogens with zero attached hydrogens (tertiary/aromatic N) is 4. The van der Waals surface area contributed by atoms with Crippen molar-refractivity contribution in [2.24, 2.45) is 0 Å². The van der Waals surface area contributed by atoms with Gasteiger partial charge in [0.15, 0.2) is 0 Å². The molecule has 1 saturated heterocycles. The van der Waals surface area contributed by atoms with Crippen LogP contribution in [0.4, 0.5) is 0 Å². The monoisotopic (exact) mass is 400 g/mol. The van der Waals surface area contributed by atoms with E-state index in [2.05, 4.69) is 0 Å². The summed E-state index contributed by atoms with van der Waals surface area (Å²) >= 11 is 0. The number of carboxylic acids is 2. The predicted molar refractivity (Wildman–Crippen MR) is 86.3 cm³/mol. The maximum atomic E-state index is 10.9. The van der Waals surface area contributed by atoms with Gasteiger partial charge in [-0.15, -0.1) is 0 Å². The van der Waals surface area contributed by atoms with E-state index < -0.39 is 11.9 Å². The number of carboxylic acid groups (broad SMARTS) is 2. The number of carbonyl (C=O) groups excluding carboxylic acids is 2. The normalized spacial score (nSPS) is 17.5. The van der Waals surface area contributed by atoms with Gasteiger partial charge >= 0.3 is 63.3 Å². The van der Waals surface area contributed by atoms with Gasteiger partial charge in [-0.1, -0.05) is 6.54 Å². The molecule has 144 valence electrons. The Morgan fingerprint density at radius 2 is 1.35 bits per heavy atom. The van der Waals surface area contributed by atoms with Gasteiger partial charge in [-0.25, -0.2) is 6.29 Å². The molecule has 0 amide bonds. The smallest absolute Gasteiger partial charge is 0.541 e. The number of aliphatic carboxylic acids is 2. The minimum absolute atomic E-state index is 0. The molecule has 1 aliphatic rings. The molecule has 3 N–H and O–H groups in total. The average molecular weight is 400 g/mol. The van der Waals surface area contributed by atoms with E-state index in [0.29, 0.717) is 19.4 Å². The molecule has 12 heteroatoms. The van der Waals surface area contributed by atoms with Crippen LogP contribution in [-0.4, -0.2) is 126 Å². The van der Waals surface area contributed by atoms with E-state index in [1.807, 2.05) is 0 Å². The van der Waals surface area contributed by atoms with Crippen molar-refractivity contribution in [3.63, 3.8) is 0 Å². The van der Waals surface area contributed by atoms with Crippen LogP contribution in [0.5, 0.6) is 0 Å². The fraction of sp³-hybridized carbons (Fsp3) is 0.714. The molecule has 0 spiro atoms. The van der Waals surface area contributed by atoms with Crippen molar-refractivity contribution in [3.05, 3.63) is 0 Å². The molecule has 26 heavy (non-hydrogen) atoms. The Bertz CT molecular complexity index is 404. The maximum Gasteiger partial charge on any atom is 1.00 e. The summed E-state index contributed by atoms with van der Waals surface area (Å²) in [5.41, 5.74) is 0. The standard InChI is InChI=1S/C13H21N4O6.CH4O.K/c18-5-3-16-9-14(7-12(20)21)1-2-15(8-13(22)23)10-17(11-16)4-6-19;1-2;/h5H,1-4,7-11H2,(H,20,21)(H,22,23);2H,1H3;/q-1;;+1. The van der Waals surface area contributed by atoms with Crippen molar-refractivity contribution >= 4 is 24.5 Å². The topological polar surface area (TPSA) is 142 Å². The molecule has 1 aliphatic heterocycles. The van der Waals surface area contributed by atoms with Crippen molar-refractivity contribution in [3.8, 4) is 0 Å². The summed E-state index contributed by atoms with van der Waals surface area (Å²) in [4.78, 5) is 49.9. The summed E-state index contributed by atoms with van der Waals surface area (Å²) in [7, 11) is 1.00. The van der Waals surface area contributed by atoms with Gasteiger partial charge < -0.3 is 29.8 Å². The third-order valence-corrected chi connectivity index (χ3v) is 3.27. The minimum Gasteiger partial charge on any atom is -0.541 e. The van der Waals surface area contributed by atoms with Crippen LogP contribution >= 0.6 is 0 Å². The molecular formula is C14H25KN4O7. The number of carbonyl (C=O) groups is 3. The van der Waals surface area contributed by atoms with E-state index >= 15 is 0 Å². The molecule has 0 unspecified atom stereocenters. The summed E-state index contributed by atoms with van der Waals surface area (Å²) in [6, 6.07) is 0. The van der Waals surface area contributed by atoms with Gasteiger partial charge in [-0.3, -0.25) is 24.3 Å². The van der Waals surface area contributed by atoms with E-state index in [9.17, 15) is 19.2 Å². The second kappa shape index (κ2) is 16.9. The molecule has 11 nitrogen and oxygen atoms in total. The average Bonchev–Trinajstić information content (AvgIpc) is 2.59. The Morgan fingerprint density at radius 3 is 1.73 bits per heavy atom. The van der Waals surface area contributed by atoms with Crippen LogP contribution < -0.4 is 51.4 Å². The van der Waals surface area contributed by atoms with Gasteiger partial charge in [0.05, 0.1) is 39.6 Å². The largest absolute Gasteiger partial charge is 1.00 e. The predicted octanol–water partition coefficient (Wildman–Crippen LogP) is -5.83. The van der Waals surface area contributed by atoms with Crippen molar-refractivity contribution in [1.82, 2.24) is 19.6 Å². The third kappa shape index (κ3) is 13.0. The molecular weight excluding hydrogens is 375 g/mol. The van der Waals surface area contributed by atoms with E-state index in [1.165, 1.54) is 0 Å². The Labute approximate surface area is 194 Å². The zero-order valence-electron chi connectivity index (χ0n) is 15.2. The fourth-order valence-electron chi connectivity index (χ4n) is 2.42. The van der Waals surface area contributed by atoms with Crippen molar-refractivity contribution < 1.29 is 85.9 Å². The summed E-state index contributed by atoms with van der Waals surface area (Å²) in [5.74, 6) is -2.01. The first-order valence-electron chi connectivity index (χ1n) is 7.51. The molecule has 0 bridgehead atoms. The van der Waals surface area contributed by atoms with Crippen LogP contribution in [0.15, 0.2) is 0 Å². The van der Waals surface area contributed by atoms with Gasteiger partial charge in [0.25, 0.3) is 0 Å². The fourth-order valence-corrected chi connectivity index (χ4v) is 2.42. The van der Waals surface area contributed by atoms with Crippen LogP contribution in [0.25, 0.3) is 0 Å². The van der Waals surface area contributed by atoms with Gasteiger partial charge in [0, 0.05) is 20.2 Å². The van der Waals surface area contributed by atoms with Crippen molar-refractivity contribution in [1.29, 1.82) is 0 Å². The van der Waals surface area contributed by atoms with Crippen LogP contribution in [0.2, 0.25) is 0 Å². The SMILES string of the molecule is CO.O=[C-]CN1CN(CC(=O)O)CCN(CC(=O)O)CN(CC=O)C1.[K+]. The summed E-state index contributed by atoms with van der Waals surface area (Å²) in [6.07, 6.45) is 2.47. The van der Waals surface area contributed by atoms with Crippen LogP contribution in [0, 0.1) is 0 Å².